The number of piperidine rings is 1. The van der Waals surface area contributed by atoms with Crippen molar-refractivity contribution >= 4 is 11.9 Å². The number of carbonyl (C=O) groups excluding carboxylic acids is 1. The summed E-state index contributed by atoms with van der Waals surface area (Å²) in [5.74, 6) is -0.139. The molecule has 3 aliphatic carbocycles. The highest BCUT2D eigenvalue weighted by Crippen LogP contribution is 2.67. The molecule has 7 heteroatoms. The van der Waals surface area contributed by atoms with E-state index in [4.69, 9.17) is 14.6 Å². The van der Waals surface area contributed by atoms with Crippen LogP contribution in [0.2, 0.25) is 0 Å². The van der Waals surface area contributed by atoms with Crippen molar-refractivity contribution < 1.29 is 29.3 Å². The summed E-state index contributed by atoms with van der Waals surface area (Å²) in [6.45, 7) is 6.88. The first-order valence-electron chi connectivity index (χ1n) is 13.3. The number of esters is 1. The molecular weight excluding hydrogens is 446 g/mol. The molecule has 7 nitrogen and oxygen atoms in total. The summed E-state index contributed by atoms with van der Waals surface area (Å²) in [6, 6.07) is 4.17. The molecular formula is C28H39NO6. The lowest BCUT2D eigenvalue weighted by Gasteiger charge is -2.68. The number of rotatable bonds is 8. The van der Waals surface area contributed by atoms with E-state index in [1.807, 2.05) is 6.07 Å². The normalized spacial score (nSPS) is 34.1. The van der Waals surface area contributed by atoms with Crippen molar-refractivity contribution in [2.45, 2.75) is 89.2 Å². The van der Waals surface area contributed by atoms with Gasteiger partial charge in [0, 0.05) is 43.5 Å². The van der Waals surface area contributed by atoms with Gasteiger partial charge in [-0.1, -0.05) is 19.9 Å². The van der Waals surface area contributed by atoms with Crippen molar-refractivity contribution in [2.24, 2.45) is 17.3 Å². The minimum atomic E-state index is -0.936. The minimum Gasteiger partial charge on any atom is -0.504 e. The summed E-state index contributed by atoms with van der Waals surface area (Å²) in [7, 11) is 1.79. The molecule has 0 radical (unpaired) electrons. The number of aromatic hydroxyl groups is 1. The van der Waals surface area contributed by atoms with Crippen molar-refractivity contribution in [1.29, 1.82) is 0 Å². The summed E-state index contributed by atoms with van der Waals surface area (Å²) in [5.41, 5.74) is 1.83. The van der Waals surface area contributed by atoms with Crippen molar-refractivity contribution in [3.63, 3.8) is 0 Å². The van der Waals surface area contributed by atoms with Crippen molar-refractivity contribution in [3.05, 3.63) is 23.3 Å². The van der Waals surface area contributed by atoms with E-state index in [0.29, 0.717) is 6.04 Å². The van der Waals surface area contributed by atoms with Crippen LogP contribution in [0.5, 0.6) is 11.5 Å². The van der Waals surface area contributed by atoms with E-state index in [1.54, 1.807) is 13.2 Å². The van der Waals surface area contributed by atoms with Crippen LogP contribution in [-0.4, -0.2) is 59.4 Å². The third kappa shape index (κ3) is 3.95. The molecule has 3 unspecified atom stereocenters. The second kappa shape index (κ2) is 9.07. The van der Waals surface area contributed by atoms with E-state index in [1.165, 1.54) is 19.4 Å². The number of ether oxygens (including phenoxy) is 2. The Morgan fingerprint density at radius 2 is 1.94 bits per heavy atom. The van der Waals surface area contributed by atoms with E-state index in [0.717, 1.165) is 49.3 Å². The number of carboxylic acid groups (broad SMARTS) is 1. The summed E-state index contributed by atoms with van der Waals surface area (Å²) < 4.78 is 11.6. The number of methoxy groups -OCH3 is 1. The average molecular weight is 486 g/mol. The Kier molecular flexibility index (Phi) is 6.37. The van der Waals surface area contributed by atoms with Gasteiger partial charge in [0.05, 0.1) is 6.10 Å². The first-order valence-corrected chi connectivity index (χ1v) is 13.3. The first-order chi connectivity index (χ1) is 16.7. The van der Waals surface area contributed by atoms with Gasteiger partial charge in [-0.15, -0.1) is 0 Å². The number of fused-ring (bicyclic) bond motifs is 1. The number of carboxylic acids is 1. The zero-order chi connectivity index (χ0) is 25.0. The fraction of sp³-hybridized carbons (Fsp3) is 0.714. The molecule has 2 N–H and O–H groups in total. The molecule has 2 saturated carbocycles. The highest BCUT2D eigenvalue weighted by Gasteiger charge is 2.66. The SMILES string of the molecule is COC1CCC2(C)[C@H]3Cc4ccc(OC(=O)CCCC(=O)O)c(O)c4[C@@]2(CCN3CC2CC2)C1C. The Bertz CT molecular complexity index is 1010. The molecule has 4 aliphatic rings. The molecule has 5 atom stereocenters. The van der Waals surface area contributed by atoms with E-state index in [2.05, 4.69) is 18.7 Å². The predicted molar refractivity (Wildman–Crippen MR) is 131 cm³/mol. The summed E-state index contributed by atoms with van der Waals surface area (Å²) in [5, 5.41) is 20.5. The van der Waals surface area contributed by atoms with Gasteiger partial charge in [-0.3, -0.25) is 14.5 Å². The molecule has 0 spiro atoms. The van der Waals surface area contributed by atoms with Crippen LogP contribution < -0.4 is 4.74 Å². The zero-order valence-electron chi connectivity index (χ0n) is 21.2. The molecule has 1 saturated heterocycles. The molecule has 1 heterocycles. The smallest absolute Gasteiger partial charge is 0.311 e. The highest BCUT2D eigenvalue weighted by molar-refractivity contribution is 5.75. The molecule has 3 fully saturated rings. The van der Waals surface area contributed by atoms with Crippen molar-refractivity contribution in [3.8, 4) is 11.5 Å². The topological polar surface area (TPSA) is 96.3 Å². The van der Waals surface area contributed by atoms with E-state index >= 15 is 0 Å². The van der Waals surface area contributed by atoms with Gasteiger partial charge < -0.3 is 19.7 Å². The Morgan fingerprint density at radius 3 is 2.63 bits per heavy atom. The van der Waals surface area contributed by atoms with Crippen LogP contribution in [0.3, 0.4) is 0 Å². The lowest BCUT2D eigenvalue weighted by molar-refractivity contribution is -0.150. The van der Waals surface area contributed by atoms with Crippen molar-refractivity contribution in [1.82, 2.24) is 4.90 Å². The standard InChI is InChI=1S/C28H39NO6/c1-17-20(34-3)11-12-27(2)22-15-19-9-10-21(35-24(32)6-4-5-23(30)31)26(33)25(19)28(17,27)13-14-29(22)16-18-7-8-18/h9-10,17-18,20,22,33H,4-8,11-16H2,1-3H3,(H,30,31)/t17?,20?,22-,27?,28-/m1/s1. The Morgan fingerprint density at radius 1 is 1.17 bits per heavy atom. The maximum absolute atomic E-state index is 12.4. The Hall–Kier alpha value is -2.12. The summed E-state index contributed by atoms with van der Waals surface area (Å²) >= 11 is 0. The number of carbonyl (C=O) groups is 2. The number of likely N-dealkylation sites (tertiary alicyclic amines) is 1. The number of nitrogens with zero attached hydrogens (tertiary/aromatic N) is 1. The maximum atomic E-state index is 12.4. The summed E-state index contributed by atoms with van der Waals surface area (Å²) in [4.78, 5) is 25.9. The molecule has 1 aliphatic heterocycles. The number of benzene rings is 1. The van der Waals surface area contributed by atoms with Gasteiger partial charge in [0.1, 0.15) is 0 Å². The quantitative estimate of drug-likeness (QED) is 0.419. The number of phenolic OH excluding ortho intramolecular Hbond substituents is 1. The monoisotopic (exact) mass is 485 g/mol. The molecule has 5 rings (SSSR count). The average Bonchev–Trinajstić information content (AvgIpc) is 3.62. The third-order valence-electron chi connectivity index (χ3n) is 9.85. The van der Waals surface area contributed by atoms with Gasteiger partial charge in [-0.05, 0) is 80.4 Å². The van der Waals surface area contributed by atoms with E-state index in [-0.39, 0.29) is 53.6 Å². The largest absolute Gasteiger partial charge is 0.504 e. The molecule has 35 heavy (non-hydrogen) atoms. The Labute approximate surface area is 207 Å². The molecule has 2 bridgehead atoms. The molecule has 1 aromatic carbocycles. The van der Waals surface area contributed by atoms with Gasteiger partial charge >= 0.3 is 11.9 Å². The van der Waals surface area contributed by atoms with Crippen LogP contribution in [0.1, 0.15) is 76.3 Å². The van der Waals surface area contributed by atoms with Crippen LogP contribution in [0, 0.1) is 17.3 Å². The fourth-order valence-corrected chi connectivity index (χ4v) is 7.90. The van der Waals surface area contributed by atoms with Gasteiger partial charge in [0.15, 0.2) is 11.5 Å². The van der Waals surface area contributed by atoms with Gasteiger partial charge in [0.2, 0.25) is 0 Å². The number of phenols is 1. The van der Waals surface area contributed by atoms with E-state index < -0.39 is 11.9 Å². The lowest BCUT2D eigenvalue weighted by atomic mass is 9.41. The minimum absolute atomic E-state index is 0.00599. The third-order valence-corrected chi connectivity index (χ3v) is 9.85. The van der Waals surface area contributed by atoms with Crippen LogP contribution in [0.25, 0.3) is 0 Å². The van der Waals surface area contributed by atoms with E-state index in [9.17, 15) is 14.7 Å². The fourth-order valence-electron chi connectivity index (χ4n) is 7.90. The van der Waals surface area contributed by atoms with Crippen LogP contribution in [0.15, 0.2) is 12.1 Å². The number of aliphatic carboxylic acids is 1. The predicted octanol–water partition coefficient (Wildman–Crippen LogP) is 4.28. The molecule has 0 amide bonds. The lowest BCUT2D eigenvalue weighted by Crippen LogP contribution is -2.71. The molecule has 1 aromatic rings. The zero-order valence-corrected chi connectivity index (χ0v) is 21.2. The second-order valence-electron chi connectivity index (χ2n) is 11.6. The maximum Gasteiger partial charge on any atom is 0.311 e. The second-order valence-corrected chi connectivity index (χ2v) is 11.6. The van der Waals surface area contributed by atoms with Gasteiger partial charge in [0.25, 0.3) is 0 Å². The first kappa shape index (κ1) is 24.6. The Balaban J connectivity index is 1.53. The van der Waals surface area contributed by atoms with Crippen LogP contribution in [0.4, 0.5) is 0 Å². The molecule has 192 valence electrons. The van der Waals surface area contributed by atoms with Crippen LogP contribution >= 0.6 is 0 Å². The summed E-state index contributed by atoms with van der Waals surface area (Å²) in [6.07, 6.45) is 6.83. The molecule has 0 aromatic heterocycles. The number of hydrogen-bond donors (Lipinski definition) is 2. The van der Waals surface area contributed by atoms with Crippen molar-refractivity contribution in [2.75, 3.05) is 20.2 Å². The van der Waals surface area contributed by atoms with Gasteiger partial charge in [-0.2, -0.15) is 0 Å². The van der Waals surface area contributed by atoms with Crippen LogP contribution in [-0.2, 0) is 26.2 Å². The highest BCUT2D eigenvalue weighted by atomic mass is 16.5. The number of hydrogen-bond acceptors (Lipinski definition) is 6. The van der Waals surface area contributed by atoms with Gasteiger partial charge in [-0.25, -0.2) is 0 Å².